The number of nitrogens with one attached hydrogen (secondary N) is 4. The Morgan fingerprint density at radius 2 is 1.51 bits per heavy atom. The summed E-state index contributed by atoms with van der Waals surface area (Å²) in [6.07, 6.45) is 15.0. The third kappa shape index (κ3) is 19.2. The Kier molecular flexibility index (Phi) is 24.5. The van der Waals surface area contributed by atoms with Crippen LogP contribution < -0.4 is 31.9 Å². The number of urea groups is 1. The van der Waals surface area contributed by atoms with Gasteiger partial charge in [0.1, 0.15) is 12.4 Å². The zero-order valence-electron chi connectivity index (χ0n) is 62.9. The number of rotatable bonds is 35. The fourth-order valence-electron chi connectivity index (χ4n) is 18.8. The average Bonchev–Trinajstić information content (AvgIpc) is 1.06. The van der Waals surface area contributed by atoms with E-state index in [9.17, 15) is 58.2 Å². The molecule has 28 heteroatoms. The molecular weight excluding hydrogens is 1410 g/mol. The number of aromatic carboxylic acids is 1. The highest BCUT2D eigenvalue weighted by atomic mass is 32.1. The van der Waals surface area contributed by atoms with Gasteiger partial charge in [0.05, 0.1) is 41.2 Å². The number of hydrogen-bond donors (Lipinski definition) is 7. The molecule has 7 aliphatic rings. The predicted molar refractivity (Wildman–Crippen MR) is 410 cm³/mol. The number of nitrogens with two attached hydrogens (primary N) is 1. The number of piperidine rings is 1. The lowest BCUT2D eigenvalue weighted by atomic mass is 9.39. The van der Waals surface area contributed by atoms with E-state index in [1.807, 2.05) is 83.8 Å². The number of carboxylic acids is 2. The van der Waals surface area contributed by atoms with Crippen molar-refractivity contribution in [2.75, 3.05) is 68.0 Å². The Morgan fingerprint density at radius 1 is 0.789 bits per heavy atom. The van der Waals surface area contributed by atoms with E-state index >= 15 is 0 Å². The number of unbranched alkanes of at least 4 members (excludes halogenated alkanes) is 4. The van der Waals surface area contributed by atoms with Gasteiger partial charge in [-0.3, -0.25) is 53.4 Å². The number of aliphatic carboxylic acids is 1. The highest BCUT2D eigenvalue weighted by Crippen LogP contribution is 2.72. The van der Waals surface area contributed by atoms with E-state index in [4.69, 9.17) is 25.3 Å². The van der Waals surface area contributed by atoms with Crippen molar-refractivity contribution in [3.63, 3.8) is 0 Å². The van der Waals surface area contributed by atoms with E-state index in [0.717, 1.165) is 84.8 Å². The lowest BCUT2D eigenvalue weighted by Crippen LogP contribution is -2.64. The summed E-state index contributed by atoms with van der Waals surface area (Å²) < 4.78 is 16.3. The van der Waals surface area contributed by atoms with Crippen molar-refractivity contribution in [1.82, 2.24) is 45.1 Å². The average molecular weight is 1510 g/mol. The number of imide groups is 1. The third-order valence-corrected chi connectivity index (χ3v) is 23.7. The Labute approximate surface area is 638 Å². The van der Waals surface area contributed by atoms with Crippen molar-refractivity contribution in [1.29, 1.82) is 0 Å². The van der Waals surface area contributed by atoms with Crippen LogP contribution in [0, 0.1) is 35.0 Å². The number of carbonyl (C=O) groups excluding carboxylic acids is 8. The standard InChI is InChI=1S/C81H101N13O14S/c1-51(2)70(88-66(96)20-9-7-6-8-12-33-93-67(97)27-28-68(93)98)63(95)39-55(16-14-32-83-75(82)105)72(101)85-56-23-21-53(22-24-56)43-107-77(106)92(57-30-34-90(35-31-57)42-69(99)100)37-38-108-81-47-78(4)44-79(5,48-81)46-80(45-78,49-81)50-94-52(3)60(40-84-94)58-25-26-65(87-71(58)74(103)104)91-36-29-54-15-13-17-59(61(54)41-91)73(102)89-76-86-62-18-10-11-19-64(62)109-76/h10-11,13,15,17-19,21-28,40,51,55,57,70H,6-9,12,14,16,20,29-39,41-50H2,1-5H3,(H,85,101)(H,88,96)(H,99,100)(H,103,104)(H3,82,83,105)(H,86,89,102)/t55-,70+,78?,79?,80?,81?/m1/s1. The molecule has 4 aliphatic carbocycles. The number of carbonyl (C=O) groups is 10. The van der Waals surface area contributed by atoms with E-state index < -0.39 is 47.5 Å². The maximum Gasteiger partial charge on any atom is 0.410 e. The number of Topliss-reactive ketones (excluding diaryl/α,β-unsaturated/α-hetero) is 1. The smallest absolute Gasteiger partial charge is 0.410 e. The first kappa shape index (κ1) is 78.6. The van der Waals surface area contributed by atoms with Gasteiger partial charge in [-0.25, -0.2) is 24.4 Å². The molecule has 3 aliphatic heterocycles. The van der Waals surface area contributed by atoms with Crippen LogP contribution in [0.15, 0.2) is 97.2 Å². The lowest BCUT2D eigenvalue weighted by Gasteiger charge is -2.69. The number of ether oxygens (including phenoxy) is 2. The summed E-state index contributed by atoms with van der Waals surface area (Å²) in [5.41, 5.74) is 10.6. The number of anilines is 3. The Morgan fingerprint density at radius 3 is 2.22 bits per heavy atom. The van der Waals surface area contributed by atoms with Crippen LogP contribution in [0.1, 0.15) is 180 Å². The summed E-state index contributed by atoms with van der Waals surface area (Å²) in [6, 6.07) is 22.1. The van der Waals surface area contributed by atoms with Gasteiger partial charge in [0.15, 0.2) is 16.6 Å². The fourth-order valence-corrected chi connectivity index (χ4v) is 19.7. The van der Waals surface area contributed by atoms with Crippen molar-refractivity contribution < 1.29 is 67.6 Å². The second-order valence-corrected chi connectivity index (χ2v) is 33.1. The van der Waals surface area contributed by atoms with Crippen LogP contribution in [0.4, 0.5) is 26.2 Å². The van der Waals surface area contributed by atoms with Crippen molar-refractivity contribution in [2.45, 2.75) is 188 Å². The van der Waals surface area contributed by atoms with Gasteiger partial charge in [0, 0.05) is 117 Å². The first-order valence-electron chi connectivity index (χ1n) is 38.2. The van der Waals surface area contributed by atoms with Crippen molar-refractivity contribution in [2.24, 2.45) is 33.8 Å². The number of nitrogens with zero attached hydrogens (tertiary/aromatic N) is 8. The molecule has 4 bridgehead atoms. The number of para-hydroxylation sites is 1. The second-order valence-electron chi connectivity index (χ2n) is 32.0. The summed E-state index contributed by atoms with van der Waals surface area (Å²) in [7, 11) is 0. The van der Waals surface area contributed by atoms with Gasteiger partial charge in [-0.05, 0) is 172 Å². The molecule has 8 amide bonds. The van der Waals surface area contributed by atoms with Gasteiger partial charge in [-0.15, -0.1) is 0 Å². The minimum Gasteiger partial charge on any atom is -0.480 e. The first-order chi connectivity index (χ1) is 52.1. The van der Waals surface area contributed by atoms with Crippen LogP contribution in [-0.2, 0) is 64.4 Å². The van der Waals surface area contributed by atoms with Crippen LogP contribution in [-0.4, -0.2) is 174 Å². The minimum absolute atomic E-state index is 0.0525. The van der Waals surface area contributed by atoms with E-state index in [1.165, 1.54) is 28.4 Å². The van der Waals surface area contributed by atoms with Gasteiger partial charge < -0.3 is 51.2 Å². The molecule has 6 heterocycles. The van der Waals surface area contributed by atoms with Crippen molar-refractivity contribution in [3.05, 3.63) is 131 Å². The van der Waals surface area contributed by atoms with Crippen LogP contribution in [0.25, 0.3) is 21.3 Å². The molecule has 3 aromatic carbocycles. The topological polar surface area (TPSA) is 360 Å². The number of amides is 8. The van der Waals surface area contributed by atoms with E-state index in [0.29, 0.717) is 117 Å². The summed E-state index contributed by atoms with van der Waals surface area (Å²) in [4.78, 5) is 146. The summed E-state index contributed by atoms with van der Waals surface area (Å²) >= 11 is 1.41. The number of pyridine rings is 1. The van der Waals surface area contributed by atoms with Crippen LogP contribution >= 0.6 is 11.3 Å². The molecule has 2 unspecified atom stereocenters. The Bertz CT molecular complexity index is 4380. The van der Waals surface area contributed by atoms with E-state index in [2.05, 4.69) is 40.1 Å². The predicted octanol–water partition coefficient (Wildman–Crippen LogP) is 11.1. The lowest BCUT2D eigenvalue weighted by molar-refractivity contribution is -0.249. The molecule has 13 rings (SSSR count). The first-order valence-corrected chi connectivity index (χ1v) is 39.1. The van der Waals surface area contributed by atoms with Crippen LogP contribution in [0.3, 0.4) is 0 Å². The zero-order chi connectivity index (χ0) is 77.4. The van der Waals surface area contributed by atoms with Gasteiger partial charge in [0.2, 0.25) is 11.8 Å². The van der Waals surface area contributed by atoms with Crippen molar-refractivity contribution in [3.8, 4) is 11.1 Å². The summed E-state index contributed by atoms with van der Waals surface area (Å²) in [5.74, 6) is -4.63. The number of hydrogen-bond acceptors (Lipinski definition) is 18. The number of likely N-dealkylation sites (tertiary alicyclic amines) is 1. The van der Waals surface area contributed by atoms with Crippen LogP contribution in [0.5, 0.6) is 0 Å². The Hall–Kier alpha value is -9.93. The number of primary amides is 1. The Balaban J connectivity index is 0.666. The second kappa shape index (κ2) is 33.9. The number of ketones is 1. The van der Waals surface area contributed by atoms with Crippen molar-refractivity contribution >= 4 is 97.6 Å². The number of thiazole rings is 1. The van der Waals surface area contributed by atoms with E-state index in [-0.39, 0.29) is 115 Å². The molecular formula is C81H101N13O14S. The maximum absolute atomic E-state index is 14.5. The molecule has 0 radical (unpaired) electrons. The largest absolute Gasteiger partial charge is 0.480 e. The highest BCUT2D eigenvalue weighted by molar-refractivity contribution is 7.22. The van der Waals surface area contributed by atoms with Crippen LogP contribution in [0.2, 0.25) is 0 Å². The molecule has 27 nitrogen and oxygen atoms in total. The van der Waals surface area contributed by atoms with E-state index in [1.54, 1.807) is 41.4 Å². The molecule has 6 aromatic rings. The summed E-state index contributed by atoms with van der Waals surface area (Å²) in [6.45, 7) is 13.6. The molecule has 3 aromatic heterocycles. The third-order valence-electron chi connectivity index (χ3n) is 22.7. The molecule has 580 valence electrons. The number of fused-ring (bicyclic) bond motifs is 2. The normalized spacial score (nSPS) is 21.5. The number of aromatic nitrogens is 4. The molecule has 0 spiro atoms. The molecule has 4 atom stereocenters. The number of carboxylic acid groups (broad SMARTS) is 2. The van der Waals surface area contributed by atoms with Gasteiger partial charge in [0.25, 0.3) is 17.7 Å². The zero-order valence-corrected chi connectivity index (χ0v) is 63.7. The quantitative estimate of drug-likeness (QED) is 0.0144. The highest BCUT2D eigenvalue weighted by Gasteiger charge is 2.66. The maximum atomic E-state index is 14.5. The van der Waals surface area contributed by atoms with Gasteiger partial charge in [-0.2, -0.15) is 5.10 Å². The minimum atomic E-state index is -1.17. The fraction of sp³-hybridized carbons (Fsp3) is 0.519. The van der Waals surface area contributed by atoms with Gasteiger partial charge in [-0.1, -0.05) is 94.7 Å². The monoisotopic (exact) mass is 1510 g/mol. The molecule has 8 N–H and O–H groups in total. The molecule has 1 saturated heterocycles. The van der Waals surface area contributed by atoms with Gasteiger partial charge >= 0.3 is 24.1 Å². The molecule has 5 fully saturated rings. The molecule has 4 saturated carbocycles. The SMILES string of the molecule is Cc1c(-c2ccc(N3CCc4cccc(C(=O)Nc5nc6ccccc6s5)c4C3)nc2C(=O)O)cnn1CC12CC3(C)CC(C)(C1)CC(OCCN(C(=O)OCc1ccc(NC(=O)[C@H](CCCNC(N)=O)CC(=O)[C@@H](NC(=O)CCCCCCCN4C(=O)C=CC4=O)C(C)C)cc1)C1CCN(CC(=O)O)CC1)(C3)C2. The molecule has 109 heavy (non-hydrogen) atoms. The number of benzene rings is 3. The summed E-state index contributed by atoms with van der Waals surface area (Å²) in [5, 5.41) is 37.3.